The van der Waals surface area contributed by atoms with Crippen molar-refractivity contribution in [3.63, 3.8) is 0 Å². The van der Waals surface area contributed by atoms with E-state index in [1.54, 1.807) is 12.1 Å². The SMILES string of the molecule is CCc1ccc(C(Cl)c2ccc(Cl)cc2Cl)o1. The summed E-state index contributed by atoms with van der Waals surface area (Å²) in [6, 6.07) is 9.06. The summed E-state index contributed by atoms with van der Waals surface area (Å²) in [5.41, 5.74) is 0.801. The molecule has 1 heterocycles. The van der Waals surface area contributed by atoms with E-state index in [0.717, 1.165) is 17.7 Å². The van der Waals surface area contributed by atoms with Crippen LogP contribution < -0.4 is 0 Å². The number of hydrogen-bond donors (Lipinski definition) is 0. The molecular weight excluding hydrogens is 279 g/mol. The van der Waals surface area contributed by atoms with Gasteiger partial charge >= 0.3 is 0 Å². The quantitative estimate of drug-likeness (QED) is 0.682. The van der Waals surface area contributed by atoms with Gasteiger partial charge in [-0.1, -0.05) is 36.2 Å². The minimum absolute atomic E-state index is 0.389. The minimum Gasteiger partial charge on any atom is -0.464 e. The topological polar surface area (TPSA) is 13.1 Å². The number of benzene rings is 1. The van der Waals surface area contributed by atoms with Crippen LogP contribution in [0.3, 0.4) is 0 Å². The van der Waals surface area contributed by atoms with Crippen LogP contribution >= 0.6 is 34.8 Å². The number of alkyl halides is 1. The van der Waals surface area contributed by atoms with Gasteiger partial charge in [-0.2, -0.15) is 0 Å². The Bertz CT molecular complexity index is 519. The van der Waals surface area contributed by atoms with E-state index in [9.17, 15) is 0 Å². The van der Waals surface area contributed by atoms with Gasteiger partial charge in [0.05, 0.1) is 0 Å². The molecule has 0 N–H and O–H groups in total. The zero-order valence-electron chi connectivity index (χ0n) is 9.21. The molecule has 1 atom stereocenters. The number of furan rings is 1. The van der Waals surface area contributed by atoms with Crippen LogP contribution in [0.15, 0.2) is 34.7 Å². The predicted octanol–water partition coefficient (Wildman–Crippen LogP) is 5.48. The van der Waals surface area contributed by atoms with E-state index in [1.165, 1.54) is 0 Å². The van der Waals surface area contributed by atoms with Crippen LogP contribution in [0.5, 0.6) is 0 Å². The lowest BCUT2D eigenvalue weighted by atomic mass is 10.1. The highest BCUT2D eigenvalue weighted by Gasteiger charge is 2.17. The largest absolute Gasteiger partial charge is 0.464 e. The molecule has 0 amide bonds. The molecular formula is C13H11Cl3O. The molecule has 90 valence electrons. The fourth-order valence-electron chi connectivity index (χ4n) is 1.58. The van der Waals surface area contributed by atoms with E-state index in [2.05, 4.69) is 0 Å². The molecule has 4 heteroatoms. The monoisotopic (exact) mass is 288 g/mol. The van der Waals surface area contributed by atoms with Gasteiger partial charge < -0.3 is 4.42 Å². The van der Waals surface area contributed by atoms with E-state index in [0.29, 0.717) is 15.8 Å². The fourth-order valence-corrected chi connectivity index (χ4v) is 2.46. The van der Waals surface area contributed by atoms with Gasteiger partial charge in [0.25, 0.3) is 0 Å². The van der Waals surface area contributed by atoms with Crippen molar-refractivity contribution >= 4 is 34.8 Å². The van der Waals surface area contributed by atoms with Crippen LogP contribution in [0.25, 0.3) is 0 Å². The molecule has 1 aromatic carbocycles. The Labute approximate surface area is 115 Å². The smallest absolute Gasteiger partial charge is 0.126 e. The van der Waals surface area contributed by atoms with E-state index in [-0.39, 0.29) is 5.38 Å². The van der Waals surface area contributed by atoms with Crippen molar-refractivity contribution in [3.05, 3.63) is 57.5 Å². The molecule has 0 radical (unpaired) electrons. The molecule has 0 saturated carbocycles. The second kappa shape index (κ2) is 5.34. The minimum atomic E-state index is -0.389. The van der Waals surface area contributed by atoms with Crippen LogP contribution in [-0.4, -0.2) is 0 Å². The van der Waals surface area contributed by atoms with Gasteiger partial charge in [0.1, 0.15) is 16.9 Å². The highest BCUT2D eigenvalue weighted by atomic mass is 35.5. The first kappa shape index (κ1) is 12.8. The zero-order chi connectivity index (χ0) is 12.4. The summed E-state index contributed by atoms with van der Waals surface area (Å²) in [6.45, 7) is 2.03. The molecule has 0 aliphatic heterocycles. The standard InChI is InChI=1S/C13H11Cl3O/c1-2-9-4-6-12(17-9)13(16)10-5-3-8(14)7-11(10)15/h3-7,13H,2H2,1H3. The van der Waals surface area contributed by atoms with Crippen LogP contribution in [0.1, 0.15) is 29.4 Å². The van der Waals surface area contributed by atoms with Crippen LogP contribution in [0.4, 0.5) is 0 Å². The summed E-state index contributed by atoms with van der Waals surface area (Å²) in [5, 5.41) is 0.753. The van der Waals surface area contributed by atoms with Crippen molar-refractivity contribution in [1.29, 1.82) is 0 Å². The third-order valence-electron chi connectivity index (χ3n) is 2.52. The maximum absolute atomic E-state index is 6.34. The summed E-state index contributed by atoms with van der Waals surface area (Å²) in [4.78, 5) is 0. The van der Waals surface area contributed by atoms with Crippen LogP contribution in [0.2, 0.25) is 10.0 Å². The van der Waals surface area contributed by atoms with E-state index < -0.39 is 0 Å². The maximum atomic E-state index is 6.34. The molecule has 2 aromatic rings. The molecule has 0 spiro atoms. The Kier molecular flexibility index (Phi) is 4.03. The Morgan fingerprint density at radius 2 is 1.94 bits per heavy atom. The number of halogens is 3. The Morgan fingerprint density at radius 3 is 2.53 bits per heavy atom. The van der Waals surface area contributed by atoms with Crippen LogP contribution in [0, 0.1) is 0 Å². The second-order valence-electron chi connectivity index (χ2n) is 3.69. The molecule has 0 fully saturated rings. The molecule has 1 unspecified atom stereocenters. The summed E-state index contributed by atoms with van der Waals surface area (Å²) in [5.74, 6) is 1.61. The number of rotatable bonds is 3. The lowest BCUT2D eigenvalue weighted by molar-refractivity contribution is 0.474. The molecule has 2 rings (SSSR count). The average Bonchev–Trinajstić information content (AvgIpc) is 2.76. The van der Waals surface area contributed by atoms with E-state index >= 15 is 0 Å². The van der Waals surface area contributed by atoms with E-state index in [4.69, 9.17) is 39.2 Å². The van der Waals surface area contributed by atoms with Gasteiger partial charge in [-0.3, -0.25) is 0 Å². The molecule has 17 heavy (non-hydrogen) atoms. The summed E-state index contributed by atoms with van der Waals surface area (Å²) in [7, 11) is 0. The number of hydrogen-bond acceptors (Lipinski definition) is 1. The van der Waals surface area contributed by atoms with Crippen LogP contribution in [-0.2, 0) is 6.42 Å². The van der Waals surface area contributed by atoms with Crippen molar-refractivity contribution in [1.82, 2.24) is 0 Å². The number of aryl methyl sites for hydroxylation is 1. The first-order valence-corrected chi connectivity index (χ1v) is 6.48. The Balaban J connectivity index is 2.33. The summed E-state index contributed by atoms with van der Waals surface area (Å²) in [6.07, 6.45) is 0.845. The van der Waals surface area contributed by atoms with Crippen molar-refractivity contribution < 1.29 is 4.42 Å². The third-order valence-corrected chi connectivity index (χ3v) is 3.53. The van der Waals surface area contributed by atoms with Crippen molar-refractivity contribution in [2.75, 3.05) is 0 Å². The third kappa shape index (κ3) is 2.79. The van der Waals surface area contributed by atoms with Gasteiger partial charge in [0.2, 0.25) is 0 Å². The van der Waals surface area contributed by atoms with Gasteiger partial charge in [0, 0.05) is 16.5 Å². The van der Waals surface area contributed by atoms with Crippen molar-refractivity contribution in [3.8, 4) is 0 Å². The lowest BCUT2D eigenvalue weighted by Crippen LogP contribution is -1.92. The van der Waals surface area contributed by atoms with Gasteiger partial charge in [-0.15, -0.1) is 11.6 Å². The molecule has 1 nitrogen and oxygen atoms in total. The molecule has 0 aliphatic carbocycles. The molecule has 0 bridgehead atoms. The first-order chi connectivity index (χ1) is 8.11. The highest BCUT2D eigenvalue weighted by molar-refractivity contribution is 6.36. The highest BCUT2D eigenvalue weighted by Crippen LogP contribution is 2.35. The zero-order valence-corrected chi connectivity index (χ0v) is 11.5. The normalized spacial score (nSPS) is 12.7. The average molecular weight is 290 g/mol. The summed E-state index contributed by atoms with van der Waals surface area (Å²) >= 11 is 18.3. The van der Waals surface area contributed by atoms with Gasteiger partial charge in [-0.25, -0.2) is 0 Å². The molecule has 1 aromatic heterocycles. The van der Waals surface area contributed by atoms with Crippen molar-refractivity contribution in [2.45, 2.75) is 18.7 Å². The second-order valence-corrected chi connectivity index (χ2v) is 4.97. The lowest BCUT2D eigenvalue weighted by Gasteiger charge is -2.09. The Hall–Kier alpha value is -0.630. The molecule has 0 aliphatic rings. The molecule has 0 saturated heterocycles. The first-order valence-electron chi connectivity index (χ1n) is 5.29. The van der Waals surface area contributed by atoms with Gasteiger partial charge in [0.15, 0.2) is 0 Å². The van der Waals surface area contributed by atoms with Crippen molar-refractivity contribution in [2.24, 2.45) is 0 Å². The predicted molar refractivity (Wildman–Crippen MR) is 72.2 cm³/mol. The Morgan fingerprint density at radius 1 is 1.18 bits per heavy atom. The fraction of sp³-hybridized carbons (Fsp3) is 0.231. The summed E-state index contributed by atoms with van der Waals surface area (Å²) < 4.78 is 5.61. The van der Waals surface area contributed by atoms with Gasteiger partial charge in [-0.05, 0) is 29.8 Å². The van der Waals surface area contributed by atoms with E-state index in [1.807, 2.05) is 25.1 Å². The maximum Gasteiger partial charge on any atom is 0.126 e.